The molecule has 0 spiro atoms. The van der Waals surface area contributed by atoms with Crippen LogP contribution in [0.2, 0.25) is 0 Å². The van der Waals surface area contributed by atoms with Crippen molar-refractivity contribution in [3.63, 3.8) is 0 Å². The summed E-state index contributed by atoms with van der Waals surface area (Å²) >= 11 is 14.1. The molecule has 0 aromatic heterocycles. The molecule has 0 N–H and O–H groups in total. The van der Waals surface area contributed by atoms with Gasteiger partial charge >= 0.3 is 0 Å². The van der Waals surface area contributed by atoms with Crippen molar-refractivity contribution in [1.29, 1.82) is 0 Å². The van der Waals surface area contributed by atoms with E-state index >= 15 is 0 Å². The van der Waals surface area contributed by atoms with E-state index in [4.69, 9.17) is 0 Å². The van der Waals surface area contributed by atoms with Gasteiger partial charge in [-0.3, -0.25) is 0 Å². The third-order valence-corrected chi connectivity index (χ3v) is 4.99. The molecule has 0 amide bonds. The minimum Gasteiger partial charge on any atom is -0.0928 e. The Bertz CT molecular complexity index is 82.4. The highest BCUT2D eigenvalue weighted by atomic mass is 79.9. The van der Waals surface area contributed by atoms with Gasteiger partial charge in [0.15, 0.2) is 0 Å². The maximum absolute atomic E-state index is 3.56. The highest BCUT2D eigenvalue weighted by Crippen LogP contribution is 2.32. The van der Waals surface area contributed by atoms with Crippen LogP contribution < -0.4 is 0 Å². The van der Waals surface area contributed by atoms with Crippen molar-refractivity contribution in [3.05, 3.63) is 0 Å². The van der Waals surface area contributed by atoms with Gasteiger partial charge < -0.3 is 0 Å². The predicted molar refractivity (Wildman–Crippen MR) is 66.8 cm³/mol. The summed E-state index contributed by atoms with van der Waals surface area (Å²) in [7, 11) is 0. The van der Waals surface area contributed by atoms with Crippen LogP contribution in [0.25, 0.3) is 0 Å². The van der Waals surface area contributed by atoms with Crippen LogP contribution in [0.5, 0.6) is 0 Å². The molecular weight excluding hydrogens is 404 g/mol. The first kappa shape index (κ1) is 12.9. The lowest BCUT2D eigenvalue weighted by Gasteiger charge is -2.28. The summed E-state index contributed by atoms with van der Waals surface area (Å²) in [6, 6.07) is 0. The Balaban J connectivity index is 3.96. The Morgan fingerprint density at radius 1 is 0.727 bits per heavy atom. The Labute approximate surface area is 102 Å². The molecule has 0 saturated carbocycles. The molecule has 0 rings (SSSR count). The molecule has 4 heteroatoms. The van der Waals surface area contributed by atoms with Crippen molar-refractivity contribution in [1.82, 2.24) is 0 Å². The van der Waals surface area contributed by atoms with Crippen LogP contribution in [0.4, 0.5) is 0 Å². The Hall–Kier alpha value is 1.92. The third-order valence-electron chi connectivity index (χ3n) is 1.82. The lowest BCUT2D eigenvalue weighted by atomic mass is 9.87. The minimum absolute atomic E-state index is 0.424. The molecule has 0 fully saturated rings. The molecule has 0 aromatic carbocycles. The first-order valence-electron chi connectivity index (χ1n) is 3.48. The third kappa shape index (κ3) is 4.63. The summed E-state index contributed by atoms with van der Waals surface area (Å²) in [5.74, 6) is 0. The highest BCUT2D eigenvalue weighted by Gasteiger charge is 2.25. The summed E-state index contributed by atoms with van der Waals surface area (Å²) in [4.78, 5) is 0. The van der Waals surface area contributed by atoms with Gasteiger partial charge in [0.1, 0.15) is 0 Å². The van der Waals surface area contributed by atoms with Crippen molar-refractivity contribution in [2.75, 3.05) is 21.3 Å². The van der Waals surface area contributed by atoms with Gasteiger partial charge in [0.2, 0.25) is 0 Å². The first-order valence-corrected chi connectivity index (χ1v) is 7.97. The van der Waals surface area contributed by atoms with E-state index < -0.39 is 0 Å². The second kappa shape index (κ2) is 7.34. The molecular formula is C7H12Br4. The van der Waals surface area contributed by atoms with Crippen molar-refractivity contribution < 1.29 is 0 Å². The molecule has 68 valence electrons. The molecule has 0 bridgehead atoms. The maximum atomic E-state index is 3.56. The molecule has 0 aromatic rings. The van der Waals surface area contributed by atoms with Crippen LogP contribution in [0.15, 0.2) is 0 Å². The molecule has 0 radical (unpaired) electrons. The maximum Gasteiger partial charge on any atom is 0.00965 e. The Kier molecular flexibility index (Phi) is 8.62. The fourth-order valence-electron chi connectivity index (χ4n) is 0.829. The number of halogens is 4. The molecule has 11 heavy (non-hydrogen) atoms. The number of hydrogen-bond acceptors (Lipinski definition) is 0. The summed E-state index contributed by atoms with van der Waals surface area (Å²) in [6.45, 7) is 0. The Morgan fingerprint density at radius 3 is 1.27 bits per heavy atom. The van der Waals surface area contributed by atoms with E-state index in [-0.39, 0.29) is 0 Å². The van der Waals surface area contributed by atoms with Crippen molar-refractivity contribution in [2.24, 2.45) is 5.41 Å². The molecule has 0 nitrogen and oxygen atoms in total. The largest absolute Gasteiger partial charge is 0.0928 e. The molecule has 0 unspecified atom stereocenters. The molecule has 0 aliphatic carbocycles. The fraction of sp³-hybridized carbons (Fsp3) is 1.00. The minimum atomic E-state index is 0.424. The van der Waals surface area contributed by atoms with Crippen LogP contribution >= 0.6 is 63.7 Å². The zero-order valence-electron chi connectivity index (χ0n) is 6.25. The molecule has 0 aliphatic heterocycles. The second-order valence-corrected chi connectivity index (χ2v) is 5.35. The van der Waals surface area contributed by atoms with E-state index in [1.807, 2.05) is 0 Å². The van der Waals surface area contributed by atoms with Gasteiger partial charge in [-0.25, -0.2) is 0 Å². The monoisotopic (exact) mass is 412 g/mol. The number of rotatable bonds is 6. The van der Waals surface area contributed by atoms with Crippen LogP contribution in [0.1, 0.15) is 12.8 Å². The van der Waals surface area contributed by atoms with Gasteiger partial charge in [0.25, 0.3) is 0 Å². The Morgan fingerprint density at radius 2 is 1.09 bits per heavy atom. The first-order chi connectivity index (χ1) is 5.24. The van der Waals surface area contributed by atoms with Crippen LogP contribution in [-0.4, -0.2) is 21.3 Å². The molecule has 0 saturated heterocycles. The van der Waals surface area contributed by atoms with Gasteiger partial charge in [-0.15, -0.1) is 0 Å². The van der Waals surface area contributed by atoms with E-state index in [0.29, 0.717) is 5.41 Å². The predicted octanol–water partition coefficient (Wildman–Crippen LogP) is 4.33. The van der Waals surface area contributed by atoms with Gasteiger partial charge in [0.05, 0.1) is 0 Å². The quantitative estimate of drug-likeness (QED) is 0.566. The summed E-state index contributed by atoms with van der Waals surface area (Å²) in [5, 5.41) is 4.30. The molecule has 0 atom stereocenters. The lowest BCUT2D eigenvalue weighted by molar-refractivity contribution is 0.370. The van der Waals surface area contributed by atoms with Crippen molar-refractivity contribution in [2.45, 2.75) is 12.8 Å². The summed E-state index contributed by atoms with van der Waals surface area (Å²) in [5.41, 5.74) is 0.424. The van der Waals surface area contributed by atoms with Crippen LogP contribution in [0, 0.1) is 5.41 Å². The van der Waals surface area contributed by atoms with Gasteiger partial charge in [-0.1, -0.05) is 63.7 Å². The second-order valence-electron chi connectivity index (χ2n) is 2.65. The van der Waals surface area contributed by atoms with Crippen LogP contribution in [0.3, 0.4) is 0 Å². The van der Waals surface area contributed by atoms with Gasteiger partial charge in [0, 0.05) is 21.3 Å². The zero-order valence-corrected chi connectivity index (χ0v) is 12.6. The van der Waals surface area contributed by atoms with Crippen molar-refractivity contribution >= 4 is 63.7 Å². The number of alkyl halides is 4. The standard InChI is InChI=1S/C7H12Br4/c8-3-1-7(5-10,6-11)2-4-9/h1-6H2. The zero-order chi connectivity index (χ0) is 8.74. The number of hydrogen-bond donors (Lipinski definition) is 0. The average Bonchev–Trinajstić information content (AvgIpc) is 2.04. The molecule has 0 heterocycles. The van der Waals surface area contributed by atoms with Crippen LogP contribution in [-0.2, 0) is 0 Å². The van der Waals surface area contributed by atoms with Crippen molar-refractivity contribution in [3.8, 4) is 0 Å². The lowest BCUT2D eigenvalue weighted by Crippen LogP contribution is -2.25. The summed E-state index contributed by atoms with van der Waals surface area (Å²) < 4.78 is 0. The smallest absolute Gasteiger partial charge is 0.00965 e. The SMILES string of the molecule is BrCCC(CBr)(CBr)CCBr. The van der Waals surface area contributed by atoms with E-state index in [1.165, 1.54) is 12.8 Å². The molecule has 0 aliphatic rings. The highest BCUT2D eigenvalue weighted by molar-refractivity contribution is 9.10. The van der Waals surface area contributed by atoms with Gasteiger partial charge in [-0.05, 0) is 18.3 Å². The van der Waals surface area contributed by atoms with E-state index in [0.717, 1.165) is 21.3 Å². The van der Waals surface area contributed by atoms with E-state index in [1.54, 1.807) is 0 Å². The normalized spacial score (nSPS) is 12.0. The van der Waals surface area contributed by atoms with Gasteiger partial charge in [-0.2, -0.15) is 0 Å². The fourth-order valence-corrected chi connectivity index (χ4v) is 4.56. The van der Waals surface area contributed by atoms with E-state index in [2.05, 4.69) is 63.7 Å². The summed E-state index contributed by atoms with van der Waals surface area (Å²) in [6.07, 6.45) is 2.43. The topological polar surface area (TPSA) is 0 Å². The average molecular weight is 416 g/mol. The van der Waals surface area contributed by atoms with E-state index in [9.17, 15) is 0 Å².